The van der Waals surface area contributed by atoms with Crippen molar-refractivity contribution in [2.45, 2.75) is 0 Å². The summed E-state index contributed by atoms with van der Waals surface area (Å²) in [6, 6.07) is 5.16. The molecule has 0 saturated carbocycles. The molecule has 1 aromatic carbocycles. The third kappa shape index (κ3) is 3.11. The Bertz CT molecular complexity index is 584. The van der Waals surface area contributed by atoms with E-state index >= 15 is 0 Å². The van der Waals surface area contributed by atoms with Gasteiger partial charge < -0.3 is 15.0 Å². The molecule has 0 bridgehead atoms. The van der Waals surface area contributed by atoms with Crippen molar-refractivity contribution in [2.75, 3.05) is 27.2 Å². The maximum absolute atomic E-state index is 12.0. The minimum Gasteiger partial charge on any atom is -0.496 e. The van der Waals surface area contributed by atoms with E-state index in [0.29, 0.717) is 21.9 Å². The zero-order valence-electron chi connectivity index (χ0n) is 11.3. The van der Waals surface area contributed by atoms with Gasteiger partial charge in [0.15, 0.2) is 0 Å². The van der Waals surface area contributed by atoms with Gasteiger partial charge in [-0.1, -0.05) is 11.6 Å². The van der Waals surface area contributed by atoms with E-state index in [4.69, 9.17) is 16.3 Å². The lowest BCUT2D eigenvalue weighted by molar-refractivity contribution is -0.128. The van der Waals surface area contributed by atoms with Crippen LogP contribution < -0.4 is 10.1 Å². The SMILES string of the molecule is COc1ccc(Cl)cc1C=C1CN(C)C(=O)CNC1=O. The molecule has 0 unspecified atom stereocenters. The van der Waals surface area contributed by atoms with E-state index < -0.39 is 0 Å². The first-order valence-corrected chi connectivity index (χ1v) is 6.45. The van der Waals surface area contributed by atoms with Crippen molar-refractivity contribution in [3.63, 3.8) is 0 Å². The smallest absolute Gasteiger partial charge is 0.249 e. The van der Waals surface area contributed by atoms with Crippen LogP contribution in [0.1, 0.15) is 5.56 Å². The second kappa shape index (κ2) is 5.96. The first-order chi connectivity index (χ1) is 9.51. The summed E-state index contributed by atoms with van der Waals surface area (Å²) in [5.74, 6) is 0.234. The summed E-state index contributed by atoms with van der Waals surface area (Å²) in [6.45, 7) is 0.264. The van der Waals surface area contributed by atoms with E-state index in [9.17, 15) is 9.59 Å². The molecule has 0 aliphatic carbocycles. The number of nitrogens with one attached hydrogen (secondary N) is 1. The number of carbonyl (C=O) groups excluding carboxylic acids is 2. The number of carbonyl (C=O) groups is 2. The van der Waals surface area contributed by atoms with Crippen molar-refractivity contribution in [1.29, 1.82) is 0 Å². The largest absolute Gasteiger partial charge is 0.496 e. The Labute approximate surface area is 122 Å². The van der Waals surface area contributed by atoms with Crippen LogP contribution in [0, 0.1) is 0 Å². The van der Waals surface area contributed by atoms with Crippen molar-refractivity contribution >= 4 is 29.5 Å². The fraction of sp³-hybridized carbons (Fsp3) is 0.286. The van der Waals surface area contributed by atoms with E-state index in [0.717, 1.165) is 0 Å². The molecular weight excluding hydrogens is 280 g/mol. The summed E-state index contributed by atoms with van der Waals surface area (Å²) in [7, 11) is 3.21. The Morgan fingerprint density at radius 3 is 2.85 bits per heavy atom. The number of benzene rings is 1. The summed E-state index contributed by atoms with van der Waals surface area (Å²) < 4.78 is 5.24. The minimum absolute atomic E-state index is 0.0132. The lowest BCUT2D eigenvalue weighted by Gasteiger charge is -2.13. The first-order valence-electron chi connectivity index (χ1n) is 6.07. The van der Waals surface area contributed by atoms with Gasteiger partial charge in [0.1, 0.15) is 5.75 Å². The van der Waals surface area contributed by atoms with Crippen LogP contribution in [0.25, 0.3) is 6.08 Å². The van der Waals surface area contributed by atoms with E-state index in [1.807, 2.05) is 0 Å². The Balaban J connectivity index is 2.40. The normalized spacial score (nSPS) is 17.9. The number of ether oxygens (including phenoxy) is 1. The Kier molecular flexibility index (Phi) is 4.29. The van der Waals surface area contributed by atoms with Gasteiger partial charge in [-0.25, -0.2) is 0 Å². The fourth-order valence-electron chi connectivity index (χ4n) is 1.94. The monoisotopic (exact) mass is 294 g/mol. The molecule has 1 fully saturated rings. The maximum atomic E-state index is 12.0. The molecule has 0 aromatic heterocycles. The van der Waals surface area contributed by atoms with Crippen LogP contribution in [0.3, 0.4) is 0 Å². The number of hydrogen-bond donors (Lipinski definition) is 1. The van der Waals surface area contributed by atoms with Crippen LogP contribution in [0.2, 0.25) is 5.02 Å². The van der Waals surface area contributed by atoms with Crippen molar-refractivity contribution in [2.24, 2.45) is 0 Å². The molecule has 1 aliphatic heterocycles. The number of halogens is 1. The molecule has 2 amide bonds. The zero-order chi connectivity index (χ0) is 14.7. The molecule has 1 heterocycles. The van der Waals surface area contributed by atoms with Crippen LogP contribution >= 0.6 is 11.6 Å². The van der Waals surface area contributed by atoms with E-state index in [-0.39, 0.29) is 24.9 Å². The third-order valence-electron chi connectivity index (χ3n) is 3.05. The lowest BCUT2D eigenvalue weighted by Crippen LogP contribution is -2.32. The molecule has 0 atom stereocenters. The summed E-state index contributed by atoms with van der Waals surface area (Å²) in [5.41, 5.74) is 1.19. The standard InChI is InChI=1S/C14H15ClN2O3/c1-17-8-10(14(19)16-7-13(17)18)5-9-6-11(15)3-4-12(9)20-2/h3-6H,7-8H2,1-2H3,(H,16,19). The van der Waals surface area contributed by atoms with E-state index in [1.165, 1.54) is 4.90 Å². The first kappa shape index (κ1) is 14.4. The maximum Gasteiger partial charge on any atom is 0.249 e. The van der Waals surface area contributed by atoms with Crippen LogP contribution in [0.15, 0.2) is 23.8 Å². The van der Waals surface area contributed by atoms with Gasteiger partial charge in [0.2, 0.25) is 11.8 Å². The van der Waals surface area contributed by atoms with Crippen molar-refractivity contribution in [3.8, 4) is 5.75 Å². The second-order valence-corrected chi connectivity index (χ2v) is 4.92. The summed E-state index contributed by atoms with van der Waals surface area (Å²) >= 11 is 5.96. The van der Waals surface area contributed by atoms with Gasteiger partial charge in [-0.15, -0.1) is 0 Å². The van der Waals surface area contributed by atoms with E-state index in [2.05, 4.69) is 5.32 Å². The van der Waals surface area contributed by atoms with Crippen molar-refractivity contribution < 1.29 is 14.3 Å². The highest BCUT2D eigenvalue weighted by molar-refractivity contribution is 6.30. The lowest BCUT2D eigenvalue weighted by atomic mass is 10.1. The van der Waals surface area contributed by atoms with Crippen LogP contribution in [0.5, 0.6) is 5.75 Å². The molecule has 1 saturated heterocycles. The number of hydrogen-bond acceptors (Lipinski definition) is 3. The average Bonchev–Trinajstić information content (AvgIpc) is 2.53. The Morgan fingerprint density at radius 1 is 1.40 bits per heavy atom. The van der Waals surface area contributed by atoms with Gasteiger partial charge in [-0.2, -0.15) is 0 Å². The second-order valence-electron chi connectivity index (χ2n) is 4.49. The van der Waals surface area contributed by atoms with Gasteiger partial charge in [0.05, 0.1) is 20.2 Å². The van der Waals surface area contributed by atoms with Gasteiger partial charge in [-0.3, -0.25) is 9.59 Å². The molecule has 1 N–H and O–H groups in total. The Morgan fingerprint density at radius 2 is 2.15 bits per heavy atom. The van der Waals surface area contributed by atoms with Crippen molar-refractivity contribution in [3.05, 3.63) is 34.4 Å². The molecular formula is C14H15ClN2O3. The highest BCUT2D eigenvalue weighted by Gasteiger charge is 2.21. The predicted octanol–water partition coefficient (Wildman–Crippen LogP) is 1.32. The predicted molar refractivity (Wildman–Crippen MR) is 76.6 cm³/mol. The zero-order valence-corrected chi connectivity index (χ0v) is 12.0. The third-order valence-corrected chi connectivity index (χ3v) is 3.28. The quantitative estimate of drug-likeness (QED) is 0.837. The number of methoxy groups -OCH3 is 1. The Hall–Kier alpha value is -2.01. The number of nitrogens with zero attached hydrogens (tertiary/aromatic N) is 1. The number of likely N-dealkylation sites (N-methyl/N-ethyl adjacent to an activating group) is 1. The molecule has 106 valence electrons. The highest BCUT2D eigenvalue weighted by atomic mass is 35.5. The minimum atomic E-state index is -0.260. The van der Waals surface area contributed by atoms with Crippen molar-refractivity contribution in [1.82, 2.24) is 10.2 Å². The molecule has 6 heteroatoms. The molecule has 5 nitrogen and oxygen atoms in total. The molecule has 0 spiro atoms. The van der Waals surface area contributed by atoms with Crippen LogP contribution in [-0.4, -0.2) is 44.0 Å². The summed E-state index contributed by atoms with van der Waals surface area (Å²) in [4.78, 5) is 25.0. The highest BCUT2D eigenvalue weighted by Crippen LogP contribution is 2.25. The summed E-state index contributed by atoms with van der Waals surface area (Å²) in [5, 5.41) is 3.13. The average molecular weight is 295 g/mol. The van der Waals surface area contributed by atoms with Gasteiger partial charge in [0.25, 0.3) is 0 Å². The fourth-order valence-corrected chi connectivity index (χ4v) is 2.12. The van der Waals surface area contributed by atoms with Gasteiger partial charge in [-0.05, 0) is 24.3 Å². The van der Waals surface area contributed by atoms with Crippen LogP contribution in [-0.2, 0) is 9.59 Å². The molecule has 20 heavy (non-hydrogen) atoms. The number of rotatable bonds is 2. The topological polar surface area (TPSA) is 58.6 Å². The number of amides is 2. The van der Waals surface area contributed by atoms with Gasteiger partial charge >= 0.3 is 0 Å². The van der Waals surface area contributed by atoms with Gasteiger partial charge in [0, 0.05) is 23.2 Å². The molecule has 1 aliphatic rings. The summed E-state index contributed by atoms with van der Waals surface area (Å²) in [6.07, 6.45) is 1.69. The van der Waals surface area contributed by atoms with E-state index in [1.54, 1.807) is 38.4 Å². The molecule has 1 aromatic rings. The van der Waals surface area contributed by atoms with Crippen LogP contribution in [0.4, 0.5) is 0 Å². The molecule has 0 radical (unpaired) electrons. The molecule has 2 rings (SSSR count).